The van der Waals surface area contributed by atoms with E-state index in [2.05, 4.69) is 31.7 Å². The van der Waals surface area contributed by atoms with Crippen molar-refractivity contribution in [2.24, 2.45) is 0 Å². The van der Waals surface area contributed by atoms with Crippen molar-refractivity contribution in [3.8, 4) is 11.5 Å². The number of para-hydroxylation sites is 1. The molecule has 2 N–H and O–H groups in total. The van der Waals surface area contributed by atoms with Crippen LogP contribution in [-0.2, 0) is 9.59 Å². The Labute approximate surface area is 229 Å². The number of hydrogen-bond donors (Lipinski definition) is 2. The van der Waals surface area contributed by atoms with E-state index in [-0.39, 0.29) is 17.7 Å². The fourth-order valence-electron chi connectivity index (χ4n) is 3.30. The van der Waals surface area contributed by atoms with Gasteiger partial charge in [-0.05, 0) is 58.1 Å². The van der Waals surface area contributed by atoms with E-state index < -0.39 is 16.7 Å². The van der Waals surface area contributed by atoms with Gasteiger partial charge in [-0.25, -0.2) is 4.98 Å². The molecule has 0 aliphatic rings. The molecule has 0 saturated heterocycles. The minimum atomic E-state index is -0.589. The second-order valence-corrected chi connectivity index (χ2v) is 10.6. The monoisotopic (exact) mass is 602 g/mol. The summed E-state index contributed by atoms with van der Waals surface area (Å²) in [7, 11) is 1.55. The molecular formula is C25H23BrN4O5S2. The Morgan fingerprint density at radius 2 is 2.00 bits per heavy atom. The lowest BCUT2D eigenvalue weighted by Gasteiger charge is -2.18. The number of thiophene rings is 1. The van der Waals surface area contributed by atoms with Crippen LogP contribution in [-0.4, -0.2) is 40.4 Å². The van der Waals surface area contributed by atoms with Gasteiger partial charge in [0.15, 0.2) is 11.8 Å². The zero-order valence-corrected chi connectivity index (χ0v) is 23.1. The SMILES string of the molecule is CC[C@H](Sc1nc2ccsc2c(=O)n1NC(=O)COc1ccccc1Br)C(=O)Nc1cccc(OC)c1. The van der Waals surface area contributed by atoms with E-state index in [0.29, 0.717) is 38.3 Å². The van der Waals surface area contributed by atoms with E-state index in [0.717, 1.165) is 16.4 Å². The van der Waals surface area contributed by atoms with Gasteiger partial charge < -0.3 is 14.8 Å². The lowest BCUT2D eigenvalue weighted by molar-refractivity contribution is -0.119. The number of nitrogens with zero attached hydrogens (tertiary/aromatic N) is 2. The summed E-state index contributed by atoms with van der Waals surface area (Å²) in [5.41, 5.74) is 3.23. The molecular weight excluding hydrogens is 580 g/mol. The van der Waals surface area contributed by atoms with Crippen LogP contribution in [0.2, 0.25) is 0 Å². The molecule has 2 aromatic carbocycles. The molecule has 0 aliphatic carbocycles. The maximum Gasteiger partial charge on any atom is 0.291 e. The van der Waals surface area contributed by atoms with E-state index in [1.807, 2.05) is 13.0 Å². The van der Waals surface area contributed by atoms with Crippen LogP contribution in [0.3, 0.4) is 0 Å². The highest BCUT2D eigenvalue weighted by Gasteiger charge is 2.23. The number of fused-ring (bicyclic) bond motifs is 1. The topological polar surface area (TPSA) is 112 Å². The number of carbonyl (C=O) groups is 2. The van der Waals surface area contributed by atoms with Crippen LogP contribution in [0, 0.1) is 0 Å². The number of anilines is 1. The van der Waals surface area contributed by atoms with Crippen molar-refractivity contribution in [1.82, 2.24) is 9.66 Å². The number of nitrogens with one attached hydrogen (secondary N) is 2. The quantitative estimate of drug-likeness (QED) is 0.196. The summed E-state index contributed by atoms with van der Waals surface area (Å²) in [5.74, 6) is 0.290. The second kappa shape index (κ2) is 12.3. The molecule has 37 heavy (non-hydrogen) atoms. The molecule has 2 amide bonds. The third kappa shape index (κ3) is 6.51. The Morgan fingerprint density at radius 1 is 1.19 bits per heavy atom. The molecule has 1 atom stereocenters. The van der Waals surface area contributed by atoms with Crippen molar-refractivity contribution in [2.45, 2.75) is 23.8 Å². The van der Waals surface area contributed by atoms with E-state index in [9.17, 15) is 14.4 Å². The van der Waals surface area contributed by atoms with Crippen LogP contribution in [0.5, 0.6) is 11.5 Å². The van der Waals surface area contributed by atoms with Gasteiger partial charge in [-0.2, -0.15) is 4.68 Å². The Kier molecular flexibility index (Phi) is 8.85. The van der Waals surface area contributed by atoms with Crippen LogP contribution in [0.25, 0.3) is 10.2 Å². The van der Waals surface area contributed by atoms with Gasteiger partial charge in [0, 0.05) is 11.8 Å². The zero-order valence-electron chi connectivity index (χ0n) is 19.9. The van der Waals surface area contributed by atoms with Crippen molar-refractivity contribution >= 4 is 66.7 Å². The maximum absolute atomic E-state index is 13.2. The number of ether oxygens (including phenoxy) is 2. The highest BCUT2D eigenvalue weighted by Crippen LogP contribution is 2.27. The van der Waals surface area contributed by atoms with E-state index >= 15 is 0 Å². The fraction of sp³-hybridized carbons (Fsp3) is 0.200. The highest BCUT2D eigenvalue weighted by atomic mass is 79.9. The average molecular weight is 604 g/mol. The molecule has 9 nitrogen and oxygen atoms in total. The number of benzene rings is 2. The van der Waals surface area contributed by atoms with E-state index in [1.165, 1.54) is 11.3 Å². The molecule has 192 valence electrons. The first kappa shape index (κ1) is 26.7. The van der Waals surface area contributed by atoms with E-state index in [4.69, 9.17) is 9.47 Å². The molecule has 4 rings (SSSR count). The number of rotatable bonds is 10. The van der Waals surface area contributed by atoms with Gasteiger partial charge in [-0.15, -0.1) is 11.3 Å². The molecule has 0 radical (unpaired) electrons. The Bertz CT molecular complexity index is 1490. The lowest BCUT2D eigenvalue weighted by Crippen LogP contribution is -2.37. The molecule has 2 heterocycles. The fourth-order valence-corrected chi connectivity index (χ4v) is 5.44. The first-order valence-corrected chi connectivity index (χ1v) is 13.7. The van der Waals surface area contributed by atoms with Crippen molar-refractivity contribution in [1.29, 1.82) is 0 Å². The highest BCUT2D eigenvalue weighted by molar-refractivity contribution is 9.10. The molecule has 0 fully saturated rings. The molecule has 4 aromatic rings. The number of methoxy groups -OCH3 is 1. The number of halogens is 1. The summed E-state index contributed by atoms with van der Waals surface area (Å²) in [5, 5.41) is 4.23. The van der Waals surface area contributed by atoms with Crippen molar-refractivity contribution in [2.75, 3.05) is 24.5 Å². The first-order valence-electron chi connectivity index (χ1n) is 11.2. The average Bonchev–Trinajstić information content (AvgIpc) is 3.37. The van der Waals surface area contributed by atoms with Crippen LogP contribution < -0.4 is 25.8 Å². The van der Waals surface area contributed by atoms with E-state index in [1.54, 1.807) is 61.0 Å². The predicted octanol–water partition coefficient (Wildman–Crippen LogP) is 4.89. The standard InChI is InChI=1S/C25H23BrN4O5S2/c1-3-20(23(32)27-15-7-6-8-16(13-15)34-2)37-25-28-18-11-12-36-22(18)24(33)30(25)29-21(31)14-35-19-10-5-4-9-17(19)26/h4-13,20H,3,14H2,1-2H3,(H,27,32)(H,29,31)/t20-/m0/s1. The van der Waals surface area contributed by atoms with Crippen molar-refractivity contribution < 1.29 is 19.1 Å². The number of thioether (sulfide) groups is 1. The second-order valence-electron chi connectivity index (χ2n) is 7.66. The van der Waals surface area contributed by atoms with Crippen LogP contribution in [0.1, 0.15) is 13.3 Å². The van der Waals surface area contributed by atoms with Crippen molar-refractivity contribution in [3.63, 3.8) is 0 Å². The molecule has 0 unspecified atom stereocenters. The molecule has 2 aromatic heterocycles. The van der Waals surface area contributed by atoms with Crippen LogP contribution in [0.15, 0.2) is 74.4 Å². The Balaban J connectivity index is 1.55. The van der Waals surface area contributed by atoms with Gasteiger partial charge in [-0.3, -0.25) is 19.8 Å². The van der Waals surface area contributed by atoms with Gasteiger partial charge in [0.1, 0.15) is 16.2 Å². The van der Waals surface area contributed by atoms with Gasteiger partial charge in [0.2, 0.25) is 5.91 Å². The normalized spacial score (nSPS) is 11.6. The van der Waals surface area contributed by atoms with Crippen LogP contribution in [0.4, 0.5) is 5.69 Å². The molecule has 0 bridgehead atoms. The molecule has 0 aliphatic heterocycles. The van der Waals surface area contributed by atoms with Crippen LogP contribution >= 0.6 is 39.0 Å². The number of amides is 2. The number of carbonyl (C=O) groups excluding carboxylic acids is 2. The summed E-state index contributed by atoms with van der Waals surface area (Å²) in [6.45, 7) is 1.54. The number of aromatic nitrogens is 2. The van der Waals surface area contributed by atoms with Gasteiger partial charge in [-0.1, -0.05) is 36.9 Å². The predicted molar refractivity (Wildman–Crippen MR) is 149 cm³/mol. The Hall–Kier alpha value is -3.35. The third-order valence-corrected chi connectivity index (χ3v) is 7.99. The summed E-state index contributed by atoms with van der Waals surface area (Å²) in [4.78, 5) is 43.6. The third-order valence-electron chi connectivity index (χ3n) is 5.13. The van der Waals surface area contributed by atoms with Crippen molar-refractivity contribution in [3.05, 3.63) is 74.8 Å². The largest absolute Gasteiger partial charge is 0.497 e. The summed E-state index contributed by atoms with van der Waals surface area (Å²) >= 11 is 5.69. The van der Waals surface area contributed by atoms with Gasteiger partial charge >= 0.3 is 0 Å². The maximum atomic E-state index is 13.2. The molecule has 12 heteroatoms. The smallest absolute Gasteiger partial charge is 0.291 e. The summed E-state index contributed by atoms with van der Waals surface area (Å²) < 4.78 is 13.0. The molecule has 0 saturated carbocycles. The lowest BCUT2D eigenvalue weighted by atomic mass is 10.2. The van der Waals surface area contributed by atoms with Gasteiger partial charge in [0.05, 0.1) is 22.3 Å². The zero-order chi connectivity index (χ0) is 26.4. The summed E-state index contributed by atoms with van der Waals surface area (Å²) in [6.07, 6.45) is 0.455. The summed E-state index contributed by atoms with van der Waals surface area (Å²) in [6, 6.07) is 15.9. The molecule has 0 spiro atoms. The van der Waals surface area contributed by atoms with Gasteiger partial charge in [0.25, 0.3) is 11.5 Å². The minimum absolute atomic E-state index is 0.192. The first-order chi connectivity index (χ1) is 17.9. The minimum Gasteiger partial charge on any atom is -0.497 e. The number of hydrogen-bond acceptors (Lipinski definition) is 8. The Morgan fingerprint density at radius 3 is 2.76 bits per heavy atom.